The number of halogens is 1. The van der Waals surface area contributed by atoms with Crippen molar-refractivity contribution in [3.05, 3.63) is 59.0 Å². The second-order valence-electron chi connectivity index (χ2n) is 8.35. The number of aromatic nitrogens is 2. The van der Waals surface area contributed by atoms with Gasteiger partial charge >= 0.3 is 5.97 Å². The van der Waals surface area contributed by atoms with Crippen LogP contribution in [0.4, 0.5) is 5.69 Å². The highest BCUT2D eigenvalue weighted by atomic mass is 35.5. The van der Waals surface area contributed by atoms with Gasteiger partial charge in [-0.05, 0) is 55.5 Å². The molecule has 2 heterocycles. The quantitative estimate of drug-likeness (QED) is 0.269. The second kappa shape index (κ2) is 11.1. The Morgan fingerprint density at radius 2 is 2.00 bits per heavy atom. The minimum atomic E-state index is -0.883. The second-order valence-corrected chi connectivity index (χ2v) is 8.79. The van der Waals surface area contributed by atoms with Crippen LogP contribution in [0.15, 0.2) is 42.7 Å². The number of benzene rings is 1. The number of ketones is 1. The summed E-state index contributed by atoms with van der Waals surface area (Å²) in [5.41, 5.74) is 3.67. The Morgan fingerprint density at radius 1 is 1.19 bits per heavy atom. The first-order chi connectivity index (χ1) is 15.4. The monoisotopic (exact) mass is 455 g/mol. The number of carboxylic acid groups (broad SMARTS) is 1. The summed E-state index contributed by atoms with van der Waals surface area (Å²) in [6.07, 6.45) is 7.54. The topological polar surface area (TPSA) is 84.2 Å². The van der Waals surface area contributed by atoms with Crippen molar-refractivity contribution in [1.29, 1.82) is 0 Å². The number of carboxylic acids is 1. The first-order valence-electron chi connectivity index (χ1n) is 11.0. The van der Waals surface area contributed by atoms with Crippen LogP contribution in [-0.2, 0) is 18.3 Å². The maximum absolute atomic E-state index is 13.2. The maximum Gasteiger partial charge on any atom is 0.303 e. The molecule has 2 N–H and O–H groups in total. The molecule has 1 aromatic carbocycles. The van der Waals surface area contributed by atoms with Crippen LogP contribution in [-0.4, -0.2) is 33.0 Å². The number of Topliss-reactive ketones (excluding diaryl/α,β-unsaturated/α-hetero) is 1. The number of rotatable bonds is 12. The fourth-order valence-electron chi connectivity index (χ4n) is 4.16. The lowest BCUT2D eigenvalue weighted by atomic mass is 9.94. The molecule has 0 amide bonds. The number of aliphatic carboxylic acids is 1. The normalized spacial score (nSPS) is 12.1. The molecular formula is C25H30ClN3O3. The number of aryl methyl sites for hydroxylation is 1. The molecule has 0 saturated carbocycles. The molecular weight excluding hydrogens is 426 g/mol. The van der Waals surface area contributed by atoms with Gasteiger partial charge in [0, 0.05) is 66.0 Å². The van der Waals surface area contributed by atoms with E-state index in [0.29, 0.717) is 10.6 Å². The van der Waals surface area contributed by atoms with Crippen molar-refractivity contribution in [2.24, 2.45) is 13.0 Å². The van der Waals surface area contributed by atoms with Crippen molar-refractivity contribution in [3.63, 3.8) is 0 Å². The molecule has 0 saturated heterocycles. The Hall–Kier alpha value is -2.86. The van der Waals surface area contributed by atoms with E-state index < -0.39 is 5.97 Å². The number of nitrogens with one attached hydrogen (secondary N) is 1. The lowest BCUT2D eigenvalue weighted by molar-refractivity contribution is -0.137. The van der Waals surface area contributed by atoms with E-state index in [1.165, 1.54) is 0 Å². The lowest BCUT2D eigenvalue weighted by Crippen LogP contribution is -2.12. The molecule has 6 nitrogen and oxygen atoms in total. The minimum absolute atomic E-state index is 0.0140. The zero-order valence-corrected chi connectivity index (χ0v) is 19.4. The van der Waals surface area contributed by atoms with Crippen LogP contribution >= 0.6 is 11.6 Å². The number of carbonyl (C=O) groups excluding carboxylic acids is 1. The maximum atomic E-state index is 13.2. The first kappa shape index (κ1) is 23.8. The van der Waals surface area contributed by atoms with Gasteiger partial charge < -0.3 is 15.0 Å². The van der Waals surface area contributed by atoms with E-state index >= 15 is 0 Å². The highest BCUT2D eigenvalue weighted by molar-refractivity contribution is 6.31. The zero-order chi connectivity index (χ0) is 23.1. The molecule has 32 heavy (non-hydrogen) atoms. The third-order valence-electron chi connectivity index (χ3n) is 5.70. The van der Waals surface area contributed by atoms with Gasteiger partial charge in [0.15, 0.2) is 5.78 Å². The molecule has 0 bridgehead atoms. The van der Waals surface area contributed by atoms with Gasteiger partial charge in [0.25, 0.3) is 0 Å². The summed E-state index contributed by atoms with van der Waals surface area (Å²) in [5.74, 6) is -1.12. The molecule has 3 aromatic rings. The number of fused-ring (bicyclic) bond motifs is 1. The molecule has 3 rings (SSSR count). The number of hydrogen-bond donors (Lipinski definition) is 2. The number of hydrogen-bond acceptors (Lipinski definition) is 4. The summed E-state index contributed by atoms with van der Waals surface area (Å²) in [5, 5.41) is 13.9. The van der Waals surface area contributed by atoms with Crippen molar-refractivity contribution in [3.8, 4) is 0 Å². The van der Waals surface area contributed by atoms with Crippen LogP contribution in [0.25, 0.3) is 10.9 Å². The number of nitrogens with zero attached hydrogens (tertiary/aromatic N) is 2. The molecule has 0 spiro atoms. The third-order valence-corrected chi connectivity index (χ3v) is 5.93. The van der Waals surface area contributed by atoms with E-state index in [-0.39, 0.29) is 24.5 Å². The van der Waals surface area contributed by atoms with Crippen LogP contribution < -0.4 is 5.32 Å². The van der Waals surface area contributed by atoms with E-state index in [2.05, 4.69) is 14.9 Å². The number of pyridine rings is 1. The van der Waals surface area contributed by atoms with E-state index in [9.17, 15) is 9.59 Å². The summed E-state index contributed by atoms with van der Waals surface area (Å²) in [6.45, 7) is 2.67. The molecule has 0 aliphatic rings. The Labute approximate surface area is 193 Å². The first-order valence-corrected chi connectivity index (χ1v) is 11.4. The summed E-state index contributed by atoms with van der Waals surface area (Å²) in [4.78, 5) is 28.4. The average Bonchev–Trinajstić information content (AvgIpc) is 3.01. The van der Waals surface area contributed by atoms with Gasteiger partial charge in [0.1, 0.15) is 0 Å². The Bertz CT molecular complexity index is 1080. The van der Waals surface area contributed by atoms with E-state index in [1.54, 1.807) is 13.1 Å². The van der Waals surface area contributed by atoms with Crippen molar-refractivity contribution in [2.75, 3.05) is 11.9 Å². The van der Waals surface area contributed by atoms with Gasteiger partial charge in [0.2, 0.25) is 0 Å². The van der Waals surface area contributed by atoms with Gasteiger partial charge in [-0.3, -0.25) is 14.6 Å². The lowest BCUT2D eigenvalue weighted by Gasteiger charge is -2.11. The number of carbonyl (C=O) groups is 2. The summed E-state index contributed by atoms with van der Waals surface area (Å²) < 4.78 is 2.08. The molecule has 7 heteroatoms. The highest BCUT2D eigenvalue weighted by Gasteiger charge is 2.23. The van der Waals surface area contributed by atoms with Crippen molar-refractivity contribution >= 4 is 39.9 Å². The Morgan fingerprint density at radius 3 is 2.72 bits per heavy atom. The molecule has 1 atom stereocenters. The fourth-order valence-corrected chi connectivity index (χ4v) is 4.33. The molecule has 0 aliphatic carbocycles. The van der Waals surface area contributed by atoms with Crippen LogP contribution in [0, 0.1) is 5.92 Å². The van der Waals surface area contributed by atoms with Crippen molar-refractivity contribution < 1.29 is 14.7 Å². The number of unbranched alkanes of at least 4 members (excludes halogenated alkanes) is 2. The summed E-state index contributed by atoms with van der Waals surface area (Å²) >= 11 is 6.23. The van der Waals surface area contributed by atoms with Crippen LogP contribution in [0.5, 0.6) is 0 Å². The van der Waals surface area contributed by atoms with Crippen LogP contribution in [0.2, 0.25) is 5.02 Å². The highest BCUT2D eigenvalue weighted by Crippen LogP contribution is 2.31. The van der Waals surface area contributed by atoms with Gasteiger partial charge in [0.05, 0.1) is 5.69 Å². The molecule has 2 aromatic heterocycles. The fraction of sp³-hybridized carbons (Fsp3) is 0.400. The predicted octanol–water partition coefficient (Wildman–Crippen LogP) is 5.74. The molecule has 170 valence electrons. The van der Waals surface area contributed by atoms with Gasteiger partial charge in [-0.25, -0.2) is 0 Å². The molecule has 0 unspecified atom stereocenters. The standard InChI is InChI=1S/C25H30ClN3O3/c1-17(14-24(31)32)13-23(30)25-20-15-18(26)9-10-21(20)29(2)22(25)8-4-3-5-12-28-19-7-6-11-27-16-19/h6-7,9-11,15-17,28H,3-5,8,12-14H2,1-2H3,(H,31,32)/t17-/m0/s1. The van der Waals surface area contributed by atoms with E-state index in [0.717, 1.165) is 54.5 Å². The largest absolute Gasteiger partial charge is 0.481 e. The SMILES string of the molecule is C[C@H](CC(=O)O)CC(=O)c1c(CCCCCNc2cccnc2)n(C)c2ccc(Cl)cc12. The minimum Gasteiger partial charge on any atom is -0.481 e. The number of anilines is 1. The van der Waals surface area contributed by atoms with E-state index in [1.807, 2.05) is 43.6 Å². The zero-order valence-electron chi connectivity index (χ0n) is 18.6. The van der Waals surface area contributed by atoms with E-state index in [4.69, 9.17) is 16.7 Å². The molecule has 0 fully saturated rings. The third kappa shape index (κ3) is 6.10. The predicted molar refractivity (Wildman–Crippen MR) is 129 cm³/mol. The molecule has 0 aliphatic heterocycles. The summed E-state index contributed by atoms with van der Waals surface area (Å²) in [7, 11) is 1.98. The van der Waals surface area contributed by atoms with Crippen LogP contribution in [0.1, 0.15) is 55.1 Å². The Balaban J connectivity index is 1.69. The summed E-state index contributed by atoms with van der Waals surface area (Å²) in [6, 6.07) is 9.52. The van der Waals surface area contributed by atoms with Crippen LogP contribution in [0.3, 0.4) is 0 Å². The van der Waals surface area contributed by atoms with Crippen molar-refractivity contribution in [1.82, 2.24) is 9.55 Å². The van der Waals surface area contributed by atoms with Crippen molar-refractivity contribution in [2.45, 2.75) is 45.4 Å². The smallest absolute Gasteiger partial charge is 0.303 e. The van der Waals surface area contributed by atoms with Gasteiger partial charge in [-0.15, -0.1) is 0 Å². The van der Waals surface area contributed by atoms with Gasteiger partial charge in [-0.1, -0.05) is 24.9 Å². The average molecular weight is 456 g/mol. The Kier molecular flexibility index (Phi) is 8.28. The molecule has 0 radical (unpaired) electrons. The van der Waals surface area contributed by atoms with Gasteiger partial charge in [-0.2, -0.15) is 0 Å².